The Morgan fingerprint density at radius 1 is 1.33 bits per heavy atom. The molecular formula is C13H18N2O2S. The number of hydrogen-bond donors (Lipinski definition) is 2. The predicted molar refractivity (Wildman–Crippen MR) is 76.7 cm³/mol. The molecule has 1 atom stereocenters. The van der Waals surface area contributed by atoms with E-state index in [2.05, 4.69) is 0 Å². The molecule has 0 heterocycles. The quantitative estimate of drug-likeness (QED) is 0.817. The SMILES string of the molecule is Cc1ccc(N(C(N)=S)[C@H](C(=O)O)C(C)C)cc1. The minimum atomic E-state index is -0.932. The normalized spacial score (nSPS) is 12.2. The summed E-state index contributed by atoms with van der Waals surface area (Å²) in [7, 11) is 0. The number of hydrogen-bond acceptors (Lipinski definition) is 2. The Morgan fingerprint density at radius 3 is 2.17 bits per heavy atom. The van der Waals surface area contributed by atoms with Crippen molar-refractivity contribution in [2.24, 2.45) is 11.7 Å². The van der Waals surface area contributed by atoms with Crippen LogP contribution in [0.1, 0.15) is 19.4 Å². The monoisotopic (exact) mass is 266 g/mol. The number of carbonyl (C=O) groups is 1. The van der Waals surface area contributed by atoms with Crippen molar-refractivity contribution in [3.05, 3.63) is 29.8 Å². The van der Waals surface area contributed by atoms with Gasteiger partial charge >= 0.3 is 5.97 Å². The molecule has 0 saturated heterocycles. The number of aryl methyl sites for hydroxylation is 1. The Bertz CT molecular complexity index is 443. The lowest BCUT2D eigenvalue weighted by molar-refractivity contribution is -0.139. The molecule has 0 aromatic heterocycles. The van der Waals surface area contributed by atoms with Crippen LogP contribution in [-0.2, 0) is 4.79 Å². The van der Waals surface area contributed by atoms with Crippen LogP contribution in [-0.4, -0.2) is 22.2 Å². The van der Waals surface area contributed by atoms with Crippen molar-refractivity contribution >= 4 is 29.0 Å². The van der Waals surface area contributed by atoms with Gasteiger partial charge in [-0.05, 0) is 37.2 Å². The van der Waals surface area contributed by atoms with E-state index in [1.165, 1.54) is 4.90 Å². The molecular weight excluding hydrogens is 248 g/mol. The van der Waals surface area contributed by atoms with Crippen LogP contribution < -0.4 is 10.6 Å². The van der Waals surface area contributed by atoms with E-state index in [4.69, 9.17) is 18.0 Å². The lowest BCUT2D eigenvalue weighted by Gasteiger charge is -2.31. The van der Waals surface area contributed by atoms with Gasteiger partial charge in [0, 0.05) is 5.69 Å². The Hall–Kier alpha value is -1.62. The van der Waals surface area contributed by atoms with Gasteiger partial charge in [0.1, 0.15) is 6.04 Å². The highest BCUT2D eigenvalue weighted by atomic mass is 32.1. The number of carboxylic acids is 1. The molecule has 18 heavy (non-hydrogen) atoms. The Labute approximate surface area is 112 Å². The van der Waals surface area contributed by atoms with E-state index in [1.807, 2.05) is 45.0 Å². The molecule has 0 radical (unpaired) electrons. The minimum absolute atomic E-state index is 0.0694. The van der Waals surface area contributed by atoms with Crippen LogP contribution in [0.3, 0.4) is 0 Å². The van der Waals surface area contributed by atoms with Gasteiger partial charge in [-0.25, -0.2) is 4.79 Å². The molecule has 4 nitrogen and oxygen atoms in total. The summed E-state index contributed by atoms with van der Waals surface area (Å²) in [6.45, 7) is 5.63. The second-order valence-corrected chi connectivity index (χ2v) is 4.99. The van der Waals surface area contributed by atoms with E-state index < -0.39 is 12.0 Å². The number of nitrogens with zero attached hydrogens (tertiary/aromatic N) is 1. The van der Waals surface area contributed by atoms with Crippen LogP contribution in [0, 0.1) is 12.8 Å². The van der Waals surface area contributed by atoms with Crippen LogP contribution >= 0.6 is 12.2 Å². The molecule has 1 aromatic rings. The zero-order chi connectivity index (χ0) is 13.9. The molecule has 0 aliphatic heterocycles. The molecule has 1 aromatic carbocycles. The van der Waals surface area contributed by atoms with E-state index in [-0.39, 0.29) is 11.0 Å². The number of benzene rings is 1. The van der Waals surface area contributed by atoms with Crippen molar-refractivity contribution in [1.82, 2.24) is 0 Å². The number of thiocarbonyl (C=S) groups is 1. The van der Waals surface area contributed by atoms with Gasteiger partial charge in [0.05, 0.1) is 0 Å². The highest BCUT2D eigenvalue weighted by Crippen LogP contribution is 2.22. The first-order valence-electron chi connectivity index (χ1n) is 5.72. The number of rotatable bonds is 4. The predicted octanol–water partition coefficient (Wildman–Crippen LogP) is 2.15. The van der Waals surface area contributed by atoms with Crippen molar-refractivity contribution in [3.63, 3.8) is 0 Å². The van der Waals surface area contributed by atoms with E-state index in [9.17, 15) is 9.90 Å². The summed E-state index contributed by atoms with van der Waals surface area (Å²) >= 11 is 4.99. The first kappa shape index (κ1) is 14.4. The third kappa shape index (κ3) is 3.20. The van der Waals surface area contributed by atoms with Crippen molar-refractivity contribution in [3.8, 4) is 0 Å². The molecule has 0 amide bonds. The van der Waals surface area contributed by atoms with Gasteiger partial charge in [-0.1, -0.05) is 31.5 Å². The van der Waals surface area contributed by atoms with Gasteiger partial charge < -0.3 is 15.7 Å². The highest BCUT2D eigenvalue weighted by molar-refractivity contribution is 7.80. The Morgan fingerprint density at radius 2 is 1.83 bits per heavy atom. The summed E-state index contributed by atoms with van der Waals surface area (Å²) in [6.07, 6.45) is 0. The fourth-order valence-corrected chi connectivity index (χ4v) is 2.04. The lowest BCUT2D eigenvalue weighted by atomic mass is 10.0. The smallest absolute Gasteiger partial charge is 0.327 e. The van der Waals surface area contributed by atoms with Crippen LogP contribution in [0.5, 0.6) is 0 Å². The van der Waals surface area contributed by atoms with E-state index in [0.29, 0.717) is 5.69 Å². The molecule has 3 N–H and O–H groups in total. The molecule has 5 heteroatoms. The average molecular weight is 266 g/mol. The van der Waals surface area contributed by atoms with Crippen molar-refractivity contribution in [2.75, 3.05) is 4.90 Å². The fraction of sp³-hybridized carbons (Fsp3) is 0.385. The third-order valence-corrected chi connectivity index (χ3v) is 2.91. The molecule has 0 saturated carbocycles. The average Bonchev–Trinajstić information content (AvgIpc) is 2.25. The summed E-state index contributed by atoms with van der Waals surface area (Å²) < 4.78 is 0. The second-order valence-electron chi connectivity index (χ2n) is 4.57. The number of aliphatic carboxylic acids is 1. The molecule has 0 spiro atoms. The van der Waals surface area contributed by atoms with Gasteiger partial charge in [0.15, 0.2) is 5.11 Å². The summed E-state index contributed by atoms with van der Waals surface area (Å²) in [5, 5.41) is 9.39. The Balaban J connectivity index is 3.20. The van der Waals surface area contributed by atoms with Crippen molar-refractivity contribution in [1.29, 1.82) is 0 Å². The van der Waals surface area contributed by atoms with E-state index >= 15 is 0 Å². The molecule has 0 fully saturated rings. The number of nitrogens with two attached hydrogens (primary N) is 1. The largest absolute Gasteiger partial charge is 0.480 e. The van der Waals surface area contributed by atoms with Gasteiger partial charge in [-0.15, -0.1) is 0 Å². The molecule has 1 rings (SSSR count). The first-order chi connectivity index (χ1) is 8.34. The topological polar surface area (TPSA) is 66.6 Å². The summed E-state index contributed by atoms with van der Waals surface area (Å²) in [5.41, 5.74) is 7.48. The van der Waals surface area contributed by atoms with Crippen LogP contribution in [0.25, 0.3) is 0 Å². The number of carboxylic acid groups (broad SMARTS) is 1. The highest BCUT2D eigenvalue weighted by Gasteiger charge is 2.30. The molecule has 98 valence electrons. The summed E-state index contributed by atoms with van der Waals surface area (Å²) in [5.74, 6) is -1.04. The van der Waals surface area contributed by atoms with Crippen molar-refractivity contribution in [2.45, 2.75) is 26.8 Å². The lowest BCUT2D eigenvalue weighted by Crippen LogP contribution is -2.50. The molecule has 0 bridgehead atoms. The van der Waals surface area contributed by atoms with E-state index in [1.54, 1.807) is 0 Å². The maximum Gasteiger partial charge on any atom is 0.327 e. The molecule has 0 unspecified atom stereocenters. The minimum Gasteiger partial charge on any atom is -0.480 e. The summed E-state index contributed by atoms with van der Waals surface area (Å²) in [4.78, 5) is 12.9. The maximum absolute atomic E-state index is 11.4. The standard InChI is InChI=1S/C13H18N2O2S/c1-8(2)11(12(16)17)15(13(14)18)10-6-4-9(3)5-7-10/h4-8,11H,1-3H3,(H2,14,18)(H,16,17)/t11-/m0/s1. The van der Waals surface area contributed by atoms with Crippen molar-refractivity contribution < 1.29 is 9.90 Å². The maximum atomic E-state index is 11.4. The second kappa shape index (κ2) is 5.82. The van der Waals surface area contributed by atoms with Gasteiger partial charge in [-0.3, -0.25) is 0 Å². The zero-order valence-electron chi connectivity index (χ0n) is 10.8. The number of anilines is 1. The van der Waals surface area contributed by atoms with Gasteiger partial charge in [0.25, 0.3) is 0 Å². The molecule has 0 aliphatic carbocycles. The van der Waals surface area contributed by atoms with Gasteiger partial charge in [-0.2, -0.15) is 0 Å². The van der Waals surface area contributed by atoms with Gasteiger partial charge in [0.2, 0.25) is 0 Å². The first-order valence-corrected chi connectivity index (χ1v) is 6.13. The van der Waals surface area contributed by atoms with Crippen LogP contribution in [0.2, 0.25) is 0 Å². The molecule has 0 aliphatic rings. The third-order valence-electron chi connectivity index (χ3n) is 2.71. The Kier molecular flexibility index (Phi) is 4.67. The summed E-state index contributed by atoms with van der Waals surface area (Å²) in [6, 6.07) is 6.70. The zero-order valence-corrected chi connectivity index (χ0v) is 11.6. The van der Waals surface area contributed by atoms with Crippen LogP contribution in [0.15, 0.2) is 24.3 Å². The fourth-order valence-electron chi connectivity index (χ4n) is 1.82. The van der Waals surface area contributed by atoms with E-state index in [0.717, 1.165) is 5.56 Å². The van der Waals surface area contributed by atoms with Crippen LogP contribution in [0.4, 0.5) is 5.69 Å².